The quantitative estimate of drug-likeness (QED) is 0.523. The summed E-state index contributed by atoms with van der Waals surface area (Å²) in [5, 5.41) is 6.17. The van der Waals surface area contributed by atoms with Gasteiger partial charge in [0.05, 0.1) is 12.8 Å². The van der Waals surface area contributed by atoms with E-state index in [4.69, 9.17) is 10.5 Å². The van der Waals surface area contributed by atoms with Crippen LogP contribution in [0.15, 0.2) is 65.0 Å². The lowest BCUT2D eigenvalue weighted by molar-refractivity contribution is 0.415. The lowest BCUT2D eigenvalue weighted by Gasteiger charge is -2.06. The number of nitrogens with zero attached hydrogens (tertiary/aromatic N) is 2. The maximum absolute atomic E-state index is 5.93. The molecule has 0 saturated heterocycles. The predicted octanol–water partition coefficient (Wildman–Crippen LogP) is 3.79. The third kappa shape index (κ3) is 4.81. The number of nitrogens with one attached hydrogen (secondary N) is 1. The van der Waals surface area contributed by atoms with Gasteiger partial charge in [0.1, 0.15) is 10.8 Å². The summed E-state index contributed by atoms with van der Waals surface area (Å²) in [6.07, 6.45) is 0.758. The third-order valence-electron chi connectivity index (χ3n) is 3.59. The molecule has 3 rings (SSSR count). The van der Waals surface area contributed by atoms with E-state index in [1.54, 1.807) is 18.4 Å². The van der Waals surface area contributed by atoms with Gasteiger partial charge in [-0.1, -0.05) is 30.3 Å². The summed E-state index contributed by atoms with van der Waals surface area (Å²) in [5.74, 6) is 1.20. The van der Waals surface area contributed by atoms with Crippen LogP contribution in [0.4, 0.5) is 5.69 Å². The Morgan fingerprint density at radius 1 is 1.16 bits per heavy atom. The maximum Gasteiger partial charge on any atom is 0.193 e. The van der Waals surface area contributed by atoms with Crippen molar-refractivity contribution in [2.75, 3.05) is 19.0 Å². The van der Waals surface area contributed by atoms with Gasteiger partial charge in [-0.3, -0.25) is 4.99 Å². The Kier molecular flexibility index (Phi) is 5.64. The number of rotatable bonds is 6. The molecule has 6 heteroatoms. The molecular formula is C19H20N4OS. The number of nitrogens with two attached hydrogens (primary N) is 1. The van der Waals surface area contributed by atoms with Gasteiger partial charge in [-0.15, -0.1) is 11.3 Å². The summed E-state index contributed by atoms with van der Waals surface area (Å²) in [4.78, 5) is 9.01. The van der Waals surface area contributed by atoms with Crippen LogP contribution < -0.4 is 15.8 Å². The molecule has 1 heterocycles. The smallest absolute Gasteiger partial charge is 0.193 e. The van der Waals surface area contributed by atoms with Gasteiger partial charge < -0.3 is 15.8 Å². The number of hydrogen-bond acceptors (Lipinski definition) is 4. The molecule has 0 aliphatic heterocycles. The molecule has 3 aromatic rings. The van der Waals surface area contributed by atoms with Gasteiger partial charge in [-0.05, 0) is 24.3 Å². The largest absolute Gasteiger partial charge is 0.497 e. The van der Waals surface area contributed by atoms with Gasteiger partial charge in [0.15, 0.2) is 5.96 Å². The SMILES string of the molecule is COc1ccc(NC(N)=NCCc2csc(-c3ccccc3)n2)cc1. The molecule has 2 aromatic carbocycles. The lowest BCUT2D eigenvalue weighted by atomic mass is 10.2. The third-order valence-corrected chi connectivity index (χ3v) is 4.53. The summed E-state index contributed by atoms with van der Waals surface area (Å²) in [6, 6.07) is 17.7. The van der Waals surface area contributed by atoms with Crippen molar-refractivity contribution in [1.29, 1.82) is 0 Å². The second-order valence-corrected chi connectivity index (χ2v) is 6.24. The summed E-state index contributed by atoms with van der Waals surface area (Å²) >= 11 is 1.65. The molecule has 0 amide bonds. The summed E-state index contributed by atoms with van der Waals surface area (Å²) < 4.78 is 5.13. The van der Waals surface area contributed by atoms with Crippen molar-refractivity contribution in [2.24, 2.45) is 10.7 Å². The van der Waals surface area contributed by atoms with Crippen LogP contribution in [0.2, 0.25) is 0 Å². The van der Waals surface area contributed by atoms with E-state index in [0.717, 1.165) is 34.1 Å². The van der Waals surface area contributed by atoms with Crippen molar-refractivity contribution in [2.45, 2.75) is 6.42 Å². The molecule has 0 saturated carbocycles. The minimum atomic E-state index is 0.392. The zero-order valence-corrected chi connectivity index (χ0v) is 14.8. The molecule has 0 bridgehead atoms. The molecule has 0 spiro atoms. The average molecular weight is 352 g/mol. The number of ether oxygens (including phenoxy) is 1. The Hall–Kier alpha value is -2.86. The van der Waals surface area contributed by atoms with E-state index in [1.807, 2.05) is 42.5 Å². The van der Waals surface area contributed by atoms with Gasteiger partial charge in [0, 0.05) is 29.6 Å². The van der Waals surface area contributed by atoms with E-state index in [1.165, 1.54) is 0 Å². The van der Waals surface area contributed by atoms with Crippen molar-refractivity contribution in [3.63, 3.8) is 0 Å². The Morgan fingerprint density at radius 3 is 2.64 bits per heavy atom. The van der Waals surface area contributed by atoms with E-state index in [9.17, 15) is 0 Å². The van der Waals surface area contributed by atoms with Crippen LogP contribution >= 0.6 is 11.3 Å². The highest BCUT2D eigenvalue weighted by atomic mass is 32.1. The topological polar surface area (TPSA) is 72.5 Å². The number of methoxy groups -OCH3 is 1. The van der Waals surface area contributed by atoms with Gasteiger partial charge >= 0.3 is 0 Å². The van der Waals surface area contributed by atoms with E-state index in [0.29, 0.717) is 12.5 Å². The number of anilines is 1. The molecule has 0 radical (unpaired) electrons. The van der Waals surface area contributed by atoms with E-state index >= 15 is 0 Å². The number of thiazole rings is 1. The van der Waals surface area contributed by atoms with Gasteiger partial charge in [-0.2, -0.15) is 0 Å². The number of hydrogen-bond donors (Lipinski definition) is 2. The number of benzene rings is 2. The van der Waals surface area contributed by atoms with E-state index < -0.39 is 0 Å². The number of guanidine groups is 1. The molecule has 25 heavy (non-hydrogen) atoms. The fraction of sp³-hybridized carbons (Fsp3) is 0.158. The van der Waals surface area contributed by atoms with Crippen molar-refractivity contribution in [3.8, 4) is 16.3 Å². The van der Waals surface area contributed by atoms with E-state index in [2.05, 4.69) is 32.8 Å². The van der Waals surface area contributed by atoms with Gasteiger partial charge in [0.2, 0.25) is 0 Å². The molecule has 128 valence electrons. The standard InChI is InChI=1S/C19H20N4OS/c1-24-17-9-7-15(8-10-17)23-19(20)21-12-11-16-13-25-18(22-16)14-5-3-2-4-6-14/h2-10,13H,11-12H2,1H3,(H3,20,21,23). The Morgan fingerprint density at radius 2 is 1.92 bits per heavy atom. The Labute approximate surface area is 151 Å². The highest BCUT2D eigenvalue weighted by Gasteiger charge is 2.04. The Balaban J connectivity index is 1.53. The molecular weight excluding hydrogens is 332 g/mol. The first kappa shape index (κ1) is 17.0. The van der Waals surface area contributed by atoms with Crippen LogP contribution in [0.5, 0.6) is 5.75 Å². The monoisotopic (exact) mass is 352 g/mol. The predicted molar refractivity (Wildman–Crippen MR) is 104 cm³/mol. The van der Waals surface area contributed by atoms with Crippen LogP contribution in [0.1, 0.15) is 5.69 Å². The van der Waals surface area contributed by atoms with Crippen LogP contribution in [0, 0.1) is 0 Å². The molecule has 0 aliphatic carbocycles. The minimum absolute atomic E-state index is 0.392. The van der Waals surface area contributed by atoms with Crippen molar-refractivity contribution in [3.05, 3.63) is 65.7 Å². The highest BCUT2D eigenvalue weighted by molar-refractivity contribution is 7.13. The van der Waals surface area contributed by atoms with Crippen LogP contribution in [0.25, 0.3) is 10.6 Å². The molecule has 0 unspecified atom stereocenters. The number of aromatic nitrogens is 1. The second-order valence-electron chi connectivity index (χ2n) is 5.38. The lowest BCUT2D eigenvalue weighted by Crippen LogP contribution is -2.23. The number of aliphatic imine (C=N–C) groups is 1. The zero-order valence-electron chi connectivity index (χ0n) is 14.0. The molecule has 3 N–H and O–H groups in total. The van der Waals surface area contributed by atoms with Crippen molar-refractivity contribution in [1.82, 2.24) is 4.98 Å². The van der Waals surface area contributed by atoms with E-state index in [-0.39, 0.29) is 0 Å². The van der Waals surface area contributed by atoms with Gasteiger partial charge in [-0.25, -0.2) is 4.98 Å². The highest BCUT2D eigenvalue weighted by Crippen LogP contribution is 2.23. The first-order chi connectivity index (χ1) is 12.2. The average Bonchev–Trinajstić information content (AvgIpc) is 3.12. The van der Waals surface area contributed by atoms with Crippen LogP contribution in [-0.4, -0.2) is 24.6 Å². The minimum Gasteiger partial charge on any atom is -0.497 e. The molecule has 5 nitrogen and oxygen atoms in total. The zero-order chi connectivity index (χ0) is 17.5. The van der Waals surface area contributed by atoms with Crippen molar-refractivity contribution < 1.29 is 4.74 Å². The summed E-state index contributed by atoms with van der Waals surface area (Å²) in [5.41, 5.74) is 8.98. The fourth-order valence-corrected chi connectivity index (χ4v) is 3.15. The molecule has 1 aromatic heterocycles. The maximum atomic E-state index is 5.93. The molecule has 0 atom stereocenters. The fourth-order valence-electron chi connectivity index (χ4n) is 2.29. The van der Waals surface area contributed by atoms with Crippen molar-refractivity contribution >= 4 is 23.0 Å². The summed E-state index contributed by atoms with van der Waals surface area (Å²) in [6.45, 7) is 0.590. The Bertz CT molecular complexity index is 828. The van der Waals surface area contributed by atoms with Crippen LogP contribution in [-0.2, 0) is 6.42 Å². The first-order valence-corrected chi connectivity index (χ1v) is 8.83. The second kappa shape index (κ2) is 8.30. The summed E-state index contributed by atoms with van der Waals surface area (Å²) in [7, 11) is 1.64. The van der Waals surface area contributed by atoms with Crippen LogP contribution in [0.3, 0.4) is 0 Å². The normalized spacial score (nSPS) is 11.3. The molecule has 0 aliphatic rings. The van der Waals surface area contributed by atoms with Gasteiger partial charge in [0.25, 0.3) is 0 Å². The first-order valence-electron chi connectivity index (χ1n) is 7.95. The molecule has 0 fully saturated rings.